The molecule has 0 aromatic carbocycles. The normalized spacial score (nSPS) is 21.8. The average Bonchev–Trinajstić information content (AvgIpc) is 3.13. The molecule has 0 spiro atoms. The van der Waals surface area contributed by atoms with Gasteiger partial charge < -0.3 is 9.64 Å². The van der Waals surface area contributed by atoms with Crippen LogP contribution in [0, 0.1) is 0 Å². The first-order valence-corrected chi connectivity index (χ1v) is 9.42. The first kappa shape index (κ1) is 18.1. The third-order valence-corrected chi connectivity index (χ3v) is 4.80. The van der Waals surface area contributed by atoms with Crippen LogP contribution in [0.4, 0.5) is 0 Å². The first-order chi connectivity index (χ1) is 12.3. The summed E-state index contributed by atoms with van der Waals surface area (Å²) in [7, 11) is 0. The van der Waals surface area contributed by atoms with E-state index in [1.54, 1.807) is 11.0 Å². The molecule has 25 heavy (non-hydrogen) atoms. The Morgan fingerprint density at radius 3 is 3.08 bits per heavy atom. The molecule has 2 aliphatic rings. The number of morpholine rings is 1. The Kier molecular flexibility index (Phi) is 6.58. The van der Waals surface area contributed by atoms with Crippen molar-refractivity contribution in [2.24, 2.45) is 0 Å². The maximum absolute atomic E-state index is 12.9. The fourth-order valence-corrected chi connectivity index (χ4v) is 3.57. The van der Waals surface area contributed by atoms with Crippen molar-refractivity contribution in [1.82, 2.24) is 24.6 Å². The Morgan fingerprint density at radius 1 is 1.44 bits per heavy atom. The SMILES string of the molecule is CCCN(C(=O)CN1CCO[C@@H](Cn2cncn2)C1)C1=CCCCC1. The highest BCUT2D eigenvalue weighted by Crippen LogP contribution is 2.21. The van der Waals surface area contributed by atoms with Crippen LogP contribution in [0.2, 0.25) is 0 Å². The molecule has 1 fully saturated rings. The van der Waals surface area contributed by atoms with Gasteiger partial charge in [-0.05, 0) is 32.1 Å². The van der Waals surface area contributed by atoms with Gasteiger partial charge in [0.15, 0.2) is 0 Å². The van der Waals surface area contributed by atoms with E-state index in [4.69, 9.17) is 4.74 Å². The predicted octanol–water partition coefficient (Wildman–Crippen LogP) is 1.68. The monoisotopic (exact) mass is 347 g/mol. The lowest BCUT2D eigenvalue weighted by Gasteiger charge is -2.34. The number of rotatable bonds is 7. The second kappa shape index (κ2) is 9.10. The van der Waals surface area contributed by atoms with E-state index >= 15 is 0 Å². The average molecular weight is 347 g/mol. The van der Waals surface area contributed by atoms with Gasteiger partial charge in [0.1, 0.15) is 12.7 Å². The van der Waals surface area contributed by atoms with Crippen molar-refractivity contribution in [2.75, 3.05) is 32.8 Å². The molecule has 138 valence electrons. The summed E-state index contributed by atoms with van der Waals surface area (Å²) in [6.45, 7) is 6.30. The topological polar surface area (TPSA) is 63.5 Å². The van der Waals surface area contributed by atoms with E-state index in [0.717, 1.165) is 38.9 Å². The fraction of sp³-hybridized carbons (Fsp3) is 0.722. The molecule has 1 aliphatic carbocycles. The Balaban J connectivity index is 1.55. The number of allylic oxidation sites excluding steroid dienone is 2. The van der Waals surface area contributed by atoms with Crippen molar-refractivity contribution in [3.05, 3.63) is 24.4 Å². The molecule has 0 N–H and O–H groups in total. The number of aromatic nitrogens is 3. The minimum absolute atomic E-state index is 0.0526. The van der Waals surface area contributed by atoms with E-state index < -0.39 is 0 Å². The molecule has 1 amide bonds. The summed E-state index contributed by atoms with van der Waals surface area (Å²) >= 11 is 0. The van der Waals surface area contributed by atoms with Crippen LogP contribution < -0.4 is 0 Å². The number of amides is 1. The second-order valence-corrected chi connectivity index (χ2v) is 6.83. The maximum Gasteiger partial charge on any atom is 0.240 e. The van der Waals surface area contributed by atoms with Gasteiger partial charge in [-0.1, -0.05) is 13.0 Å². The van der Waals surface area contributed by atoms with Gasteiger partial charge in [0.25, 0.3) is 0 Å². The van der Waals surface area contributed by atoms with Crippen LogP contribution in [0.3, 0.4) is 0 Å². The summed E-state index contributed by atoms with van der Waals surface area (Å²) < 4.78 is 7.60. The van der Waals surface area contributed by atoms with Gasteiger partial charge >= 0.3 is 0 Å². The molecule has 1 aliphatic heterocycles. The zero-order valence-electron chi connectivity index (χ0n) is 15.1. The highest BCUT2D eigenvalue weighted by atomic mass is 16.5. The van der Waals surface area contributed by atoms with Gasteiger partial charge in [-0.15, -0.1) is 0 Å². The smallest absolute Gasteiger partial charge is 0.240 e. The number of hydrogen-bond acceptors (Lipinski definition) is 5. The lowest BCUT2D eigenvalue weighted by Crippen LogP contribution is -2.48. The van der Waals surface area contributed by atoms with Crippen molar-refractivity contribution in [1.29, 1.82) is 0 Å². The van der Waals surface area contributed by atoms with E-state index in [0.29, 0.717) is 19.7 Å². The molecule has 3 rings (SSSR count). The molecule has 0 radical (unpaired) electrons. The summed E-state index contributed by atoms with van der Waals surface area (Å²) in [5, 5.41) is 4.13. The largest absolute Gasteiger partial charge is 0.374 e. The van der Waals surface area contributed by atoms with Gasteiger partial charge in [-0.25, -0.2) is 4.98 Å². The van der Waals surface area contributed by atoms with Crippen molar-refractivity contribution in [3.8, 4) is 0 Å². The molecule has 0 saturated carbocycles. The Hall–Kier alpha value is -1.73. The Morgan fingerprint density at radius 2 is 2.36 bits per heavy atom. The lowest BCUT2D eigenvalue weighted by molar-refractivity contribution is -0.133. The molecule has 7 nitrogen and oxygen atoms in total. The molecule has 1 saturated heterocycles. The number of nitrogens with zero attached hydrogens (tertiary/aromatic N) is 5. The summed E-state index contributed by atoms with van der Waals surface area (Å²) in [5.74, 6) is 0.219. The second-order valence-electron chi connectivity index (χ2n) is 6.83. The van der Waals surface area contributed by atoms with Crippen LogP contribution in [-0.4, -0.2) is 69.4 Å². The Labute approximate surface area is 149 Å². The zero-order chi connectivity index (χ0) is 17.5. The van der Waals surface area contributed by atoms with Gasteiger partial charge in [-0.3, -0.25) is 14.4 Å². The highest BCUT2D eigenvalue weighted by molar-refractivity contribution is 5.80. The summed E-state index contributed by atoms with van der Waals surface area (Å²) in [6, 6.07) is 0. The van der Waals surface area contributed by atoms with Gasteiger partial charge in [0.05, 0.1) is 25.8 Å². The number of carbonyl (C=O) groups excluding carboxylic acids is 1. The van der Waals surface area contributed by atoms with E-state index in [1.165, 1.54) is 24.9 Å². The molecule has 1 atom stereocenters. The Bertz CT molecular complexity index is 572. The minimum Gasteiger partial charge on any atom is -0.374 e. The van der Waals surface area contributed by atoms with E-state index in [-0.39, 0.29) is 12.0 Å². The van der Waals surface area contributed by atoms with Crippen molar-refractivity contribution >= 4 is 5.91 Å². The van der Waals surface area contributed by atoms with Crippen LogP contribution in [0.15, 0.2) is 24.4 Å². The van der Waals surface area contributed by atoms with Crippen molar-refractivity contribution < 1.29 is 9.53 Å². The summed E-state index contributed by atoms with van der Waals surface area (Å²) in [6.07, 6.45) is 11.1. The quantitative estimate of drug-likeness (QED) is 0.751. The summed E-state index contributed by atoms with van der Waals surface area (Å²) in [5.41, 5.74) is 1.23. The maximum atomic E-state index is 12.9. The molecule has 1 aromatic rings. The molecule has 0 unspecified atom stereocenters. The van der Waals surface area contributed by atoms with Crippen molar-refractivity contribution in [2.45, 2.75) is 51.7 Å². The van der Waals surface area contributed by atoms with Crippen LogP contribution in [0.5, 0.6) is 0 Å². The predicted molar refractivity (Wildman–Crippen MR) is 94.8 cm³/mol. The van der Waals surface area contributed by atoms with Gasteiger partial charge in [-0.2, -0.15) is 5.10 Å². The third kappa shape index (κ3) is 5.12. The molecule has 7 heteroatoms. The van der Waals surface area contributed by atoms with E-state index in [9.17, 15) is 4.79 Å². The molecule has 1 aromatic heterocycles. The van der Waals surface area contributed by atoms with Gasteiger partial charge in [0, 0.05) is 25.3 Å². The van der Waals surface area contributed by atoms with Gasteiger partial charge in [0.2, 0.25) is 5.91 Å². The first-order valence-electron chi connectivity index (χ1n) is 9.42. The van der Waals surface area contributed by atoms with E-state index in [1.807, 2.05) is 4.90 Å². The third-order valence-electron chi connectivity index (χ3n) is 4.80. The number of hydrogen-bond donors (Lipinski definition) is 0. The van der Waals surface area contributed by atoms with Crippen LogP contribution in [-0.2, 0) is 16.1 Å². The molecule has 2 heterocycles. The lowest BCUT2D eigenvalue weighted by atomic mass is 10.0. The van der Waals surface area contributed by atoms with Crippen LogP contribution in [0.1, 0.15) is 39.0 Å². The van der Waals surface area contributed by atoms with E-state index in [2.05, 4.69) is 28.0 Å². The molecule has 0 bridgehead atoms. The minimum atomic E-state index is 0.0526. The highest BCUT2D eigenvalue weighted by Gasteiger charge is 2.26. The standard InChI is InChI=1S/C18H29N5O2/c1-2-8-23(16-6-4-3-5-7-16)18(24)13-21-9-10-25-17(11-21)12-22-15-19-14-20-22/h6,14-15,17H,2-5,7-13H2,1H3/t17-/m1/s1. The van der Waals surface area contributed by atoms with Crippen LogP contribution >= 0.6 is 0 Å². The zero-order valence-corrected chi connectivity index (χ0v) is 15.1. The van der Waals surface area contributed by atoms with Crippen molar-refractivity contribution in [3.63, 3.8) is 0 Å². The fourth-order valence-electron chi connectivity index (χ4n) is 3.57. The van der Waals surface area contributed by atoms with Crippen LogP contribution in [0.25, 0.3) is 0 Å². The molecular weight excluding hydrogens is 318 g/mol. The summed E-state index contributed by atoms with van der Waals surface area (Å²) in [4.78, 5) is 21.1. The number of ether oxygens (including phenoxy) is 1. The molecular formula is C18H29N5O2. The number of carbonyl (C=O) groups is 1.